The van der Waals surface area contributed by atoms with Crippen molar-refractivity contribution in [3.8, 4) is 11.8 Å². The van der Waals surface area contributed by atoms with Crippen molar-refractivity contribution in [1.29, 1.82) is 5.26 Å². The van der Waals surface area contributed by atoms with E-state index in [0.717, 1.165) is 29.7 Å². The number of aryl methyl sites for hydroxylation is 2. The van der Waals surface area contributed by atoms with Gasteiger partial charge in [-0.3, -0.25) is 9.36 Å². The molecule has 0 aliphatic heterocycles. The lowest BCUT2D eigenvalue weighted by Crippen LogP contribution is -2.30. The van der Waals surface area contributed by atoms with Crippen LogP contribution in [0.4, 0.5) is 17.6 Å². The van der Waals surface area contributed by atoms with Crippen molar-refractivity contribution >= 4 is 28.5 Å². The zero-order chi connectivity index (χ0) is 24.7. The predicted octanol–water partition coefficient (Wildman–Crippen LogP) is 3.43. The van der Waals surface area contributed by atoms with Gasteiger partial charge in [0.2, 0.25) is 5.95 Å². The molecule has 0 radical (unpaired) electrons. The predicted molar refractivity (Wildman–Crippen MR) is 136 cm³/mol. The minimum Gasteiger partial charge on any atom is -0.382 e. The van der Waals surface area contributed by atoms with Gasteiger partial charge < -0.3 is 16.8 Å². The number of hydrogen-bond acceptors (Lipinski definition) is 8. The highest BCUT2D eigenvalue weighted by Crippen LogP contribution is 2.43. The highest BCUT2D eigenvalue weighted by molar-refractivity contribution is 5.81. The lowest BCUT2D eigenvalue weighted by Gasteiger charge is -2.23. The van der Waals surface area contributed by atoms with Crippen LogP contribution < -0.4 is 22.3 Å². The van der Waals surface area contributed by atoms with Crippen LogP contribution in [0.5, 0.6) is 0 Å². The SMILES string of the molecule is Cc1ccccc1-n1c([C@@H](CNc2nc(N)nc(N)c2C#N)C2CC2)nc2cccc(C)c2c1=O. The number of nitrogens with one attached hydrogen (secondary N) is 1. The van der Waals surface area contributed by atoms with Crippen LogP contribution >= 0.6 is 0 Å². The summed E-state index contributed by atoms with van der Waals surface area (Å²) in [6.45, 7) is 4.33. The van der Waals surface area contributed by atoms with E-state index in [4.69, 9.17) is 16.5 Å². The standard InChI is InChI=1S/C26H26N8O/c1-14-6-3-4-9-20(14)34-24(31-19-8-5-7-15(2)21(19)25(34)35)18(16-10-11-16)13-30-23-17(12-27)22(28)32-26(29)33-23/h3-9,16,18H,10-11,13H2,1-2H3,(H5,28,29,30,32,33)/t18-/m0/s1. The lowest BCUT2D eigenvalue weighted by molar-refractivity contribution is 0.574. The van der Waals surface area contributed by atoms with Crippen LogP contribution in [0.2, 0.25) is 0 Å². The number of para-hydroxylation sites is 1. The Morgan fingerprint density at radius 3 is 2.54 bits per heavy atom. The maximum Gasteiger partial charge on any atom is 0.266 e. The molecule has 35 heavy (non-hydrogen) atoms. The third-order valence-electron chi connectivity index (χ3n) is 6.57. The average Bonchev–Trinajstić information content (AvgIpc) is 3.65. The van der Waals surface area contributed by atoms with E-state index in [1.54, 1.807) is 4.57 Å². The van der Waals surface area contributed by atoms with Crippen LogP contribution in [0.15, 0.2) is 47.3 Å². The van der Waals surface area contributed by atoms with Gasteiger partial charge in [-0.05, 0) is 55.9 Å². The molecule has 1 aliphatic rings. The fourth-order valence-corrected chi connectivity index (χ4v) is 4.62. The summed E-state index contributed by atoms with van der Waals surface area (Å²) in [6, 6.07) is 15.6. The van der Waals surface area contributed by atoms with Crippen molar-refractivity contribution in [2.75, 3.05) is 23.3 Å². The smallest absolute Gasteiger partial charge is 0.266 e. The van der Waals surface area contributed by atoms with Crippen molar-refractivity contribution in [2.24, 2.45) is 5.92 Å². The molecule has 5 rings (SSSR count). The Labute approximate surface area is 202 Å². The summed E-state index contributed by atoms with van der Waals surface area (Å²) < 4.78 is 1.75. The maximum absolute atomic E-state index is 13.9. The summed E-state index contributed by atoms with van der Waals surface area (Å²) in [4.78, 5) is 27.0. The number of nitrogens with zero attached hydrogens (tertiary/aromatic N) is 5. The van der Waals surface area contributed by atoms with E-state index in [2.05, 4.69) is 15.3 Å². The molecule has 1 saturated carbocycles. The lowest BCUT2D eigenvalue weighted by atomic mass is 10.0. The van der Waals surface area contributed by atoms with Gasteiger partial charge in [0.05, 0.1) is 16.6 Å². The Kier molecular flexibility index (Phi) is 5.57. The third-order valence-corrected chi connectivity index (χ3v) is 6.57. The van der Waals surface area contributed by atoms with Crippen LogP contribution in [-0.2, 0) is 0 Å². The van der Waals surface area contributed by atoms with Crippen molar-refractivity contribution in [1.82, 2.24) is 19.5 Å². The number of aromatic nitrogens is 4. The summed E-state index contributed by atoms with van der Waals surface area (Å²) >= 11 is 0. The highest BCUT2D eigenvalue weighted by atomic mass is 16.1. The summed E-state index contributed by atoms with van der Waals surface area (Å²) in [5, 5.41) is 13.4. The van der Waals surface area contributed by atoms with Gasteiger partial charge in [-0.1, -0.05) is 30.3 Å². The Hall–Kier alpha value is -4.45. The fourth-order valence-electron chi connectivity index (χ4n) is 4.62. The normalized spacial score (nSPS) is 14.0. The maximum atomic E-state index is 13.9. The number of nitriles is 1. The zero-order valence-corrected chi connectivity index (χ0v) is 19.6. The second kappa shape index (κ2) is 8.72. The summed E-state index contributed by atoms with van der Waals surface area (Å²) in [5.41, 5.74) is 15.1. The molecule has 2 heterocycles. The highest BCUT2D eigenvalue weighted by Gasteiger charge is 2.36. The van der Waals surface area contributed by atoms with Gasteiger partial charge in [-0.15, -0.1) is 0 Å². The molecule has 0 saturated heterocycles. The van der Waals surface area contributed by atoms with Gasteiger partial charge in [-0.25, -0.2) is 4.98 Å². The van der Waals surface area contributed by atoms with E-state index in [9.17, 15) is 10.1 Å². The average molecular weight is 467 g/mol. The molecule has 0 amide bonds. The minimum absolute atomic E-state index is 0.0110. The second-order valence-corrected chi connectivity index (χ2v) is 8.99. The van der Waals surface area contributed by atoms with Gasteiger partial charge >= 0.3 is 0 Å². The number of rotatable bonds is 6. The number of nitrogen functional groups attached to an aromatic ring is 2. The van der Waals surface area contributed by atoms with Gasteiger partial charge in [0, 0.05) is 12.5 Å². The Bertz CT molecular complexity index is 1550. The van der Waals surface area contributed by atoms with Crippen LogP contribution in [0.1, 0.15) is 41.3 Å². The van der Waals surface area contributed by atoms with Crippen LogP contribution in [0.3, 0.4) is 0 Å². The first kappa shape index (κ1) is 22.3. The molecular weight excluding hydrogens is 440 g/mol. The summed E-state index contributed by atoms with van der Waals surface area (Å²) in [5.74, 6) is 1.23. The molecule has 0 spiro atoms. The first-order valence-electron chi connectivity index (χ1n) is 11.5. The molecule has 4 aromatic rings. The largest absolute Gasteiger partial charge is 0.382 e. The Morgan fingerprint density at radius 2 is 1.83 bits per heavy atom. The topological polar surface area (TPSA) is 149 Å². The monoisotopic (exact) mass is 466 g/mol. The van der Waals surface area contributed by atoms with E-state index in [-0.39, 0.29) is 34.6 Å². The molecule has 0 bridgehead atoms. The molecule has 1 fully saturated rings. The molecular formula is C26H26N8O. The van der Waals surface area contributed by atoms with Gasteiger partial charge in [-0.2, -0.15) is 15.2 Å². The molecule has 9 nitrogen and oxygen atoms in total. The minimum atomic E-state index is -0.101. The van der Waals surface area contributed by atoms with Crippen molar-refractivity contribution in [3.05, 3.63) is 75.3 Å². The molecule has 1 atom stereocenters. The number of fused-ring (bicyclic) bond motifs is 1. The number of anilines is 3. The molecule has 2 aromatic heterocycles. The van der Waals surface area contributed by atoms with Gasteiger partial charge in [0.25, 0.3) is 5.56 Å². The quantitative estimate of drug-likeness (QED) is 0.391. The van der Waals surface area contributed by atoms with Crippen molar-refractivity contribution < 1.29 is 0 Å². The molecule has 2 aromatic carbocycles. The number of hydrogen-bond donors (Lipinski definition) is 3. The van der Waals surface area contributed by atoms with Crippen molar-refractivity contribution in [2.45, 2.75) is 32.6 Å². The number of benzene rings is 2. The van der Waals surface area contributed by atoms with Crippen LogP contribution in [0.25, 0.3) is 16.6 Å². The summed E-state index contributed by atoms with van der Waals surface area (Å²) in [7, 11) is 0. The van der Waals surface area contributed by atoms with Crippen LogP contribution in [-0.4, -0.2) is 26.1 Å². The van der Waals surface area contributed by atoms with Crippen LogP contribution in [0, 0.1) is 31.1 Å². The van der Waals surface area contributed by atoms with E-state index >= 15 is 0 Å². The fraction of sp³-hybridized carbons (Fsp3) is 0.269. The number of nitrogens with two attached hydrogens (primary N) is 2. The van der Waals surface area contributed by atoms with E-state index in [0.29, 0.717) is 29.2 Å². The first-order valence-corrected chi connectivity index (χ1v) is 11.5. The molecule has 0 unspecified atom stereocenters. The van der Waals surface area contributed by atoms with Crippen molar-refractivity contribution in [3.63, 3.8) is 0 Å². The third kappa shape index (κ3) is 4.04. The molecule has 5 N–H and O–H groups in total. The summed E-state index contributed by atoms with van der Waals surface area (Å²) in [6.07, 6.45) is 2.06. The van der Waals surface area contributed by atoms with Gasteiger partial charge in [0.15, 0.2) is 5.82 Å². The van der Waals surface area contributed by atoms with Gasteiger partial charge in [0.1, 0.15) is 23.3 Å². The second-order valence-electron chi connectivity index (χ2n) is 8.99. The van der Waals surface area contributed by atoms with E-state index in [1.165, 1.54) is 0 Å². The Morgan fingerprint density at radius 1 is 1.09 bits per heavy atom. The Balaban J connectivity index is 1.67. The molecule has 176 valence electrons. The first-order chi connectivity index (χ1) is 16.9. The van der Waals surface area contributed by atoms with E-state index < -0.39 is 0 Å². The van der Waals surface area contributed by atoms with E-state index in [1.807, 2.05) is 62.4 Å². The molecule has 9 heteroatoms. The zero-order valence-electron chi connectivity index (χ0n) is 19.6. The molecule has 1 aliphatic carbocycles.